The van der Waals surface area contributed by atoms with E-state index in [-0.39, 0.29) is 6.03 Å². The largest absolute Gasteiger partial charge is 0.378 e. The zero-order valence-corrected chi connectivity index (χ0v) is 14.6. The summed E-state index contributed by atoms with van der Waals surface area (Å²) in [6.45, 7) is 5.82. The number of rotatable bonds is 5. The molecular formula is C17H22N4O2S. The Balaban J connectivity index is 1.48. The number of carbonyl (C=O) groups is 1. The SMILES string of the molecule is CCc1ccc(CNC(=O)Nc2ccc(N3CCOCC3)nc2)s1. The quantitative estimate of drug-likeness (QED) is 0.874. The van der Waals surface area contributed by atoms with Gasteiger partial charge in [0, 0.05) is 22.8 Å². The number of nitrogens with zero attached hydrogens (tertiary/aromatic N) is 2. The summed E-state index contributed by atoms with van der Waals surface area (Å²) in [5.74, 6) is 0.912. The van der Waals surface area contributed by atoms with E-state index >= 15 is 0 Å². The van der Waals surface area contributed by atoms with E-state index in [1.54, 1.807) is 17.5 Å². The summed E-state index contributed by atoms with van der Waals surface area (Å²) in [4.78, 5) is 21.1. The van der Waals surface area contributed by atoms with Crippen LogP contribution in [0.4, 0.5) is 16.3 Å². The molecule has 0 radical (unpaired) electrons. The van der Waals surface area contributed by atoms with E-state index in [9.17, 15) is 4.79 Å². The minimum atomic E-state index is -0.220. The summed E-state index contributed by atoms with van der Waals surface area (Å²) in [6, 6.07) is 7.74. The number of urea groups is 1. The molecule has 3 rings (SSSR count). The number of aromatic nitrogens is 1. The number of carbonyl (C=O) groups excluding carboxylic acids is 1. The minimum Gasteiger partial charge on any atom is -0.378 e. The molecule has 128 valence electrons. The first-order valence-corrected chi connectivity index (χ1v) is 8.97. The van der Waals surface area contributed by atoms with Crippen LogP contribution in [0.25, 0.3) is 0 Å². The summed E-state index contributed by atoms with van der Waals surface area (Å²) in [5, 5.41) is 5.68. The summed E-state index contributed by atoms with van der Waals surface area (Å²) in [6.07, 6.45) is 2.71. The molecule has 0 aromatic carbocycles. The van der Waals surface area contributed by atoms with Crippen molar-refractivity contribution < 1.29 is 9.53 Å². The number of ether oxygens (including phenoxy) is 1. The number of hydrogen-bond acceptors (Lipinski definition) is 5. The van der Waals surface area contributed by atoms with Gasteiger partial charge < -0.3 is 20.3 Å². The van der Waals surface area contributed by atoms with E-state index in [4.69, 9.17) is 4.74 Å². The molecule has 1 fully saturated rings. The molecule has 2 aromatic rings. The molecular weight excluding hydrogens is 324 g/mol. The lowest BCUT2D eigenvalue weighted by molar-refractivity contribution is 0.122. The van der Waals surface area contributed by atoms with Crippen LogP contribution >= 0.6 is 11.3 Å². The van der Waals surface area contributed by atoms with E-state index < -0.39 is 0 Å². The molecule has 1 aliphatic rings. The maximum atomic E-state index is 12.0. The molecule has 6 nitrogen and oxygen atoms in total. The number of pyridine rings is 1. The topological polar surface area (TPSA) is 66.5 Å². The van der Waals surface area contributed by atoms with Crippen LogP contribution in [0.2, 0.25) is 0 Å². The number of morpholine rings is 1. The summed E-state index contributed by atoms with van der Waals surface area (Å²) >= 11 is 1.73. The standard InChI is InChI=1S/C17H22N4O2S/c1-2-14-4-5-15(24-14)12-19-17(22)20-13-3-6-16(18-11-13)21-7-9-23-10-8-21/h3-6,11H,2,7-10,12H2,1H3,(H2,19,20,22). The first-order valence-electron chi connectivity index (χ1n) is 8.16. The molecule has 1 aliphatic heterocycles. The van der Waals surface area contributed by atoms with Gasteiger partial charge in [-0.05, 0) is 30.7 Å². The first kappa shape index (κ1) is 16.7. The number of aryl methyl sites for hydroxylation is 1. The van der Waals surface area contributed by atoms with Crippen molar-refractivity contribution in [3.05, 3.63) is 40.2 Å². The molecule has 0 unspecified atom stereocenters. The highest BCUT2D eigenvalue weighted by molar-refractivity contribution is 7.11. The second-order valence-corrected chi connectivity index (χ2v) is 6.79. The van der Waals surface area contributed by atoms with Crippen molar-refractivity contribution in [2.75, 3.05) is 36.5 Å². The van der Waals surface area contributed by atoms with Crippen LogP contribution in [0.5, 0.6) is 0 Å². The van der Waals surface area contributed by atoms with Gasteiger partial charge in [-0.1, -0.05) is 6.92 Å². The second-order valence-electron chi connectivity index (χ2n) is 5.53. The van der Waals surface area contributed by atoms with Gasteiger partial charge in [0.15, 0.2) is 0 Å². The van der Waals surface area contributed by atoms with Crippen molar-refractivity contribution in [2.24, 2.45) is 0 Å². The zero-order valence-electron chi connectivity index (χ0n) is 13.7. The normalized spacial score (nSPS) is 14.5. The fourth-order valence-corrected chi connectivity index (χ4v) is 3.39. The Morgan fingerprint density at radius 2 is 2.04 bits per heavy atom. The van der Waals surface area contributed by atoms with Crippen molar-refractivity contribution >= 4 is 28.9 Å². The van der Waals surface area contributed by atoms with Gasteiger partial charge in [-0.25, -0.2) is 9.78 Å². The maximum Gasteiger partial charge on any atom is 0.319 e. The number of hydrogen-bond donors (Lipinski definition) is 2. The Kier molecular flexibility index (Phi) is 5.66. The number of nitrogens with one attached hydrogen (secondary N) is 2. The molecule has 0 bridgehead atoms. The van der Waals surface area contributed by atoms with Crippen molar-refractivity contribution in [1.29, 1.82) is 0 Å². The maximum absolute atomic E-state index is 12.0. The Morgan fingerprint density at radius 1 is 1.25 bits per heavy atom. The van der Waals surface area contributed by atoms with E-state index in [0.717, 1.165) is 43.4 Å². The van der Waals surface area contributed by atoms with Gasteiger partial charge in [0.05, 0.1) is 31.6 Å². The Bertz CT molecular complexity index is 665. The Hall–Kier alpha value is -2.12. The average Bonchev–Trinajstić information content (AvgIpc) is 3.10. The lowest BCUT2D eigenvalue weighted by Gasteiger charge is -2.27. The molecule has 2 amide bonds. The second kappa shape index (κ2) is 8.12. The van der Waals surface area contributed by atoms with Gasteiger partial charge in [0.2, 0.25) is 0 Å². The lowest BCUT2D eigenvalue weighted by Crippen LogP contribution is -2.36. The molecule has 2 aromatic heterocycles. The van der Waals surface area contributed by atoms with Gasteiger partial charge in [0.1, 0.15) is 5.82 Å². The van der Waals surface area contributed by atoms with Crippen LogP contribution in [0.1, 0.15) is 16.7 Å². The minimum absolute atomic E-state index is 0.220. The number of amides is 2. The molecule has 0 spiro atoms. The lowest BCUT2D eigenvalue weighted by atomic mass is 10.3. The van der Waals surface area contributed by atoms with E-state index in [1.807, 2.05) is 12.1 Å². The van der Waals surface area contributed by atoms with Gasteiger partial charge in [-0.2, -0.15) is 0 Å². The molecule has 0 aliphatic carbocycles. The van der Waals surface area contributed by atoms with Crippen molar-refractivity contribution in [3.8, 4) is 0 Å². The zero-order chi connectivity index (χ0) is 16.8. The average molecular weight is 346 g/mol. The first-order chi connectivity index (χ1) is 11.7. The highest BCUT2D eigenvalue weighted by Crippen LogP contribution is 2.17. The van der Waals surface area contributed by atoms with Gasteiger partial charge >= 0.3 is 6.03 Å². The van der Waals surface area contributed by atoms with Crippen LogP contribution in [0.3, 0.4) is 0 Å². The van der Waals surface area contributed by atoms with Crippen LogP contribution in [-0.2, 0) is 17.7 Å². The fraction of sp³-hybridized carbons (Fsp3) is 0.412. The van der Waals surface area contributed by atoms with Crippen LogP contribution in [0, 0.1) is 0 Å². The third-order valence-electron chi connectivity index (χ3n) is 3.83. The summed E-state index contributed by atoms with van der Waals surface area (Å²) in [5.41, 5.74) is 0.685. The van der Waals surface area contributed by atoms with Crippen molar-refractivity contribution in [1.82, 2.24) is 10.3 Å². The molecule has 7 heteroatoms. The molecule has 1 saturated heterocycles. The van der Waals surface area contributed by atoms with Gasteiger partial charge in [-0.3, -0.25) is 0 Å². The molecule has 24 heavy (non-hydrogen) atoms. The van der Waals surface area contributed by atoms with E-state index in [1.165, 1.54) is 4.88 Å². The highest BCUT2D eigenvalue weighted by Gasteiger charge is 2.12. The molecule has 2 N–H and O–H groups in total. The molecule has 0 saturated carbocycles. The predicted octanol–water partition coefficient (Wildman–Crippen LogP) is 2.86. The molecule has 3 heterocycles. The smallest absolute Gasteiger partial charge is 0.319 e. The van der Waals surface area contributed by atoms with Crippen molar-refractivity contribution in [2.45, 2.75) is 19.9 Å². The molecule has 0 atom stereocenters. The Morgan fingerprint density at radius 3 is 2.71 bits per heavy atom. The number of thiophene rings is 1. The summed E-state index contributed by atoms with van der Waals surface area (Å²) in [7, 11) is 0. The highest BCUT2D eigenvalue weighted by atomic mass is 32.1. The van der Waals surface area contributed by atoms with E-state index in [0.29, 0.717) is 12.2 Å². The fourth-order valence-electron chi connectivity index (χ4n) is 2.49. The van der Waals surface area contributed by atoms with Gasteiger partial charge in [-0.15, -0.1) is 11.3 Å². The Labute approximate surface area is 145 Å². The third kappa shape index (κ3) is 4.46. The summed E-state index contributed by atoms with van der Waals surface area (Å²) < 4.78 is 5.34. The third-order valence-corrected chi connectivity index (χ3v) is 5.06. The van der Waals surface area contributed by atoms with Crippen molar-refractivity contribution in [3.63, 3.8) is 0 Å². The van der Waals surface area contributed by atoms with Crippen LogP contribution < -0.4 is 15.5 Å². The van der Waals surface area contributed by atoms with Crippen LogP contribution in [-0.4, -0.2) is 37.3 Å². The van der Waals surface area contributed by atoms with Crippen LogP contribution in [0.15, 0.2) is 30.5 Å². The van der Waals surface area contributed by atoms with Gasteiger partial charge in [0.25, 0.3) is 0 Å². The monoisotopic (exact) mass is 346 g/mol. The number of anilines is 2. The van der Waals surface area contributed by atoms with E-state index in [2.05, 4.69) is 39.6 Å². The predicted molar refractivity (Wildman–Crippen MR) is 96.8 cm³/mol.